The number of hydrogen-bond acceptors (Lipinski definition) is 6. The van der Waals surface area contributed by atoms with Gasteiger partial charge in [-0.2, -0.15) is 0 Å². The van der Waals surface area contributed by atoms with Gasteiger partial charge < -0.3 is 29.5 Å². The maximum absolute atomic E-state index is 9.79. The zero-order chi connectivity index (χ0) is 11.2. The Morgan fingerprint density at radius 3 is 2.44 bits per heavy atom. The van der Waals surface area contributed by atoms with E-state index in [9.17, 15) is 10.2 Å². The average molecular weight is 257 g/mol. The van der Waals surface area contributed by atoms with Crippen molar-refractivity contribution in [1.29, 1.82) is 0 Å². The molecule has 7 heteroatoms. The molecule has 0 aromatic rings. The lowest BCUT2D eigenvalue weighted by Crippen LogP contribution is -2.42. The Labute approximate surface area is 99.5 Å². The molecule has 0 spiro atoms. The van der Waals surface area contributed by atoms with E-state index in [1.807, 2.05) is 0 Å². The van der Waals surface area contributed by atoms with Gasteiger partial charge in [-0.15, -0.1) is 12.4 Å². The van der Waals surface area contributed by atoms with Crippen LogP contribution in [0, 0.1) is 0 Å². The maximum atomic E-state index is 9.79. The lowest BCUT2D eigenvalue weighted by Gasteiger charge is -2.24. The van der Waals surface area contributed by atoms with Gasteiger partial charge >= 0.3 is 0 Å². The van der Waals surface area contributed by atoms with Gasteiger partial charge in [0.05, 0.1) is 6.61 Å². The number of rotatable bonds is 2. The monoisotopic (exact) mass is 256 g/mol. The molecule has 1 unspecified atom stereocenters. The van der Waals surface area contributed by atoms with Crippen LogP contribution in [0.25, 0.3) is 0 Å². The summed E-state index contributed by atoms with van der Waals surface area (Å²) in [5, 5.41) is 27.9. The molecule has 5 atom stereocenters. The highest BCUT2D eigenvalue weighted by molar-refractivity contribution is 5.85. The fraction of sp³-hybridized carbons (Fsp3) is 1.00. The minimum atomic E-state index is -1.12. The summed E-state index contributed by atoms with van der Waals surface area (Å²) in [6.07, 6.45) is -4.26. The smallest absolute Gasteiger partial charge is 0.190 e. The first-order valence-corrected chi connectivity index (χ1v) is 4.93. The van der Waals surface area contributed by atoms with E-state index >= 15 is 0 Å². The molecule has 2 rings (SSSR count). The number of aliphatic hydroxyl groups excluding tert-OH is 3. The molecule has 2 fully saturated rings. The summed E-state index contributed by atoms with van der Waals surface area (Å²) in [4.78, 5) is 0. The third-order valence-electron chi connectivity index (χ3n) is 2.62. The lowest BCUT2D eigenvalue weighted by molar-refractivity contribution is -0.227. The molecule has 3 N–H and O–H groups in total. The van der Waals surface area contributed by atoms with Crippen molar-refractivity contribution >= 4 is 12.4 Å². The Morgan fingerprint density at radius 1 is 1.31 bits per heavy atom. The second-order valence-corrected chi connectivity index (χ2v) is 4.31. The number of fused-ring (bicyclic) bond motifs is 1. The van der Waals surface area contributed by atoms with Gasteiger partial charge in [0.1, 0.15) is 24.4 Å². The summed E-state index contributed by atoms with van der Waals surface area (Å²) in [6, 6.07) is 0. The molecule has 0 saturated carbocycles. The number of hydrogen-bond donors (Lipinski definition) is 3. The number of ether oxygens (including phenoxy) is 3. The number of aliphatic hydroxyl groups is 3. The standard InChI is InChI=1S/C9H16O6.ClH/c1-9(2)14-7-5(12)6(4(11)3-10)13-8(7)15-9;/h4-8,10-12H,3H2,1-2H3;1H/t4-,5+,6-,7-,8?;/m1./s1. The predicted molar refractivity (Wildman–Crippen MR) is 55.0 cm³/mol. The molecule has 2 aliphatic heterocycles. The first-order chi connectivity index (χ1) is 6.94. The Bertz CT molecular complexity index is 248. The van der Waals surface area contributed by atoms with Crippen LogP contribution in [0.2, 0.25) is 0 Å². The van der Waals surface area contributed by atoms with Gasteiger partial charge in [0.15, 0.2) is 12.1 Å². The number of halogens is 1. The van der Waals surface area contributed by atoms with Crippen molar-refractivity contribution < 1.29 is 29.5 Å². The largest absolute Gasteiger partial charge is 0.394 e. The third-order valence-corrected chi connectivity index (χ3v) is 2.62. The van der Waals surface area contributed by atoms with Crippen molar-refractivity contribution in [2.75, 3.05) is 6.61 Å². The zero-order valence-electron chi connectivity index (χ0n) is 9.07. The van der Waals surface area contributed by atoms with Crippen LogP contribution in [-0.4, -0.2) is 58.4 Å². The van der Waals surface area contributed by atoms with Crippen LogP contribution in [0.5, 0.6) is 0 Å². The van der Waals surface area contributed by atoms with E-state index in [4.69, 9.17) is 19.3 Å². The maximum Gasteiger partial charge on any atom is 0.190 e. The fourth-order valence-electron chi connectivity index (χ4n) is 1.94. The van der Waals surface area contributed by atoms with Gasteiger partial charge in [-0.1, -0.05) is 0 Å². The van der Waals surface area contributed by atoms with Crippen LogP contribution in [0.4, 0.5) is 0 Å². The summed E-state index contributed by atoms with van der Waals surface area (Å²) < 4.78 is 16.1. The molecule has 0 bridgehead atoms. The van der Waals surface area contributed by atoms with Crippen LogP contribution in [0.3, 0.4) is 0 Å². The fourth-order valence-corrected chi connectivity index (χ4v) is 1.94. The molecule has 0 aliphatic carbocycles. The van der Waals surface area contributed by atoms with Gasteiger partial charge in [-0.25, -0.2) is 0 Å². The Kier molecular flexibility index (Phi) is 4.18. The molecule has 0 aromatic carbocycles. The van der Waals surface area contributed by atoms with Crippen LogP contribution < -0.4 is 0 Å². The van der Waals surface area contributed by atoms with E-state index in [0.29, 0.717) is 0 Å². The van der Waals surface area contributed by atoms with Crippen molar-refractivity contribution in [2.24, 2.45) is 0 Å². The molecule has 0 amide bonds. The minimum Gasteiger partial charge on any atom is -0.394 e. The second-order valence-electron chi connectivity index (χ2n) is 4.31. The summed E-state index contributed by atoms with van der Waals surface area (Å²) in [5.41, 5.74) is 0. The van der Waals surface area contributed by atoms with Crippen LogP contribution in [0.1, 0.15) is 13.8 Å². The van der Waals surface area contributed by atoms with Crippen LogP contribution in [-0.2, 0) is 14.2 Å². The highest BCUT2D eigenvalue weighted by atomic mass is 35.5. The van der Waals surface area contributed by atoms with E-state index in [2.05, 4.69) is 0 Å². The van der Waals surface area contributed by atoms with Crippen molar-refractivity contribution in [2.45, 2.75) is 50.3 Å². The predicted octanol–water partition coefficient (Wildman–Crippen LogP) is -1.00. The summed E-state index contributed by atoms with van der Waals surface area (Å²) in [5.74, 6) is -0.786. The molecule has 16 heavy (non-hydrogen) atoms. The van der Waals surface area contributed by atoms with Crippen molar-refractivity contribution in [1.82, 2.24) is 0 Å². The summed E-state index contributed by atoms with van der Waals surface area (Å²) in [7, 11) is 0. The normalized spacial score (nSPS) is 42.6. The SMILES string of the molecule is CC1(C)OC2O[C@H]([C@H](O)CO)[C@H](O)[C@H]2O1.Cl. The quantitative estimate of drug-likeness (QED) is 0.587. The summed E-state index contributed by atoms with van der Waals surface area (Å²) in [6.45, 7) is 2.97. The lowest BCUT2D eigenvalue weighted by atomic mass is 10.1. The van der Waals surface area contributed by atoms with Crippen molar-refractivity contribution in [3.8, 4) is 0 Å². The Balaban J connectivity index is 0.00000128. The van der Waals surface area contributed by atoms with E-state index in [0.717, 1.165) is 0 Å². The topological polar surface area (TPSA) is 88.4 Å². The molecular weight excluding hydrogens is 240 g/mol. The van der Waals surface area contributed by atoms with Gasteiger partial charge in [0, 0.05) is 0 Å². The van der Waals surface area contributed by atoms with Gasteiger partial charge in [-0.05, 0) is 13.8 Å². The first kappa shape index (κ1) is 14.1. The van der Waals surface area contributed by atoms with Crippen LogP contribution >= 0.6 is 12.4 Å². The highest BCUT2D eigenvalue weighted by Gasteiger charge is 2.55. The average Bonchev–Trinajstić information content (AvgIpc) is 2.60. The molecule has 0 radical (unpaired) electrons. The molecule has 6 nitrogen and oxygen atoms in total. The van der Waals surface area contributed by atoms with E-state index < -0.39 is 43.1 Å². The van der Waals surface area contributed by atoms with E-state index in [-0.39, 0.29) is 12.4 Å². The second kappa shape index (κ2) is 4.73. The molecular formula is C9H17ClO6. The van der Waals surface area contributed by atoms with E-state index in [1.165, 1.54) is 0 Å². The minimum absolute atomic E-state index is 0. The van der Waals surface area contributed by atoms with E-state index in [1.54, 1.807) is 13.8 Å². The highest BCUT2D eigenvalue weighted by Crippen LogP contribution is 2.38. The van der Waals surface area contributed by atoms with Crippen LogP contribution in [0.15, 0.2) is 0 Å². The Hall–Kier alpha value is 0.0500. The zero-order valence-corrected chi connectivity index (χ0v) is 9.88. The van der Waals surface area contributed by atoms with Gasteiger partial charge in [0.2, 0.25) is 0 Å². The van der Waals surface area contributed by atoms with Crippen molar-refractivity contribution in [3.63, 3.8) is 0 Å². The molecule has 2 saturated heterocycles. The molecule has 96 valence electrons. The third kappa shape index (κ3) is 2.33. The molecule has 2 aliphatic rings. The molecule has 2 heterocycles. The Morgan fingerprint density at radius 2 is 1.94 bits per heavy atom. The molecule has 0 aromatic heterocycles. The first-order valence-electron chi connectivity index (χ1n) is 4.93. The van der Waals surface area contributed by atoms with Gasteiger partial charge in [-0.3, -0.25) is 0 Å². The van der Waals surface area contributed by atoms with Gasteiger partial charge in [0.25, 0.3) is 0 Å². The van der Waals surface area contributed by atoms with Crippen molar-refractivity contribution in [3.05, 3.63) is 0 Å². The summed E-state index contributed by atoms with van der Waals surface area (Å²) >= 11 is 0.